The molecule has 160 valence electrons. The Hall–Kier alpha value is -3.61. The number of imidazole rings is 1. The van der Waals surface area contributed by atoms with Crippen molar-refractivity contribution >= 4 is 11.9 Å². The van der Waals surface area contributed by atoms with Crippen LogP contribution in [0.4, 0.5) is 0 Å². The molecule has 1 aromatic heterocycles. The first-order chi connectivity index (χ1) is 15.1. The fourth-order valence-corrected chi connectivity index (χ4v) is 4.23. The minimum atomic E-state index is -0.190. The number of piperidine rings is 1. The van der Waals surface area contributed by atoms with Crippen molar-refractivity contribution < 1.29 is 9.53 Å². The zero-order valence-electron chi connectivity index (χ0n) is 17.6. The standard InChI is InChI=1S/C24H27N5O2/c1-31-21-10-6-5-9-20(21)22(30)27-17-24(19-7-3-2-4-8-19)11-14-28(15-12-24)23(25)29-16-13-26-18-29/h2-10,13,16,18,25H,11-12,14-15,17H2,1H3,(H,27,30). The van der Waals surface area contributed by atoms with Crippen LogP contribution in [0.25, 0.3) is 0 Å². The van der Waals surface area contributed by atoms with Crippen LogP contribution in [0, 0.1) is 5.41 Å². The van der Waals surface area contributed by atoms with E-state index in [0.29, 0.717) is 23.8 Å². The van der Waals surface area contributed by atoms with Crippen LogP contribution in [0.3, 0.4) is 0 Å². The summed E-state index contributed by atoms with van der Waals surface area (Å²) in [5, 5.41) is 11.6. The lowest BCUT2D eigenvalue weighted by atomic mass is 9.72. The van der Waals surface area contributed by atoms with Crippen LogP contribution in [0.1, 0.15) is 28.8 Å². The zero-order valence-corrected chi connectivity index (χ0v) is 17.6. The highest BCUT2D eigenvalue weighted by Crippen LogP contribution is 2.35. The van der Waals surface area contributed by atoms with Gasteiger partial charge in [0.1, 0.15) is 12.1 Å². The molecule has 2 N–H and O–H groups in total. The molecule has 1 aliphatic rings. The van der Waals surface area contributed by atoms with E-state index in [9.17, 15) is 4.79 Å². The summed E-state index contributed by atoms with van der Waals surface area (Å²) in [5.74, 6) is 0.857. The first kappa shape index (κ1) is 20.7. The maximum Gasteiger partial charge on any atom is 0.255 e. The molecule has 0 bridgehead atoms. The second-order valence-corrected chi connectivity index (χ2v) is 7.81. The fraction of sp³-hybridized carbons (Fsp3) is 0.292. The normalized spacial score (nSPS) is 15.3. The molecule has 1 fully saturated rings. The Kier molecular flexibility index (Phi) is 6.02. The van der Waals surface area contributed by atoms with E-state index in [4.69, 9.17) is 10.1 Å². The molecule has 7 nitrogen and oxygen atoms in total. The summed E-state index contributed by atoms with van der Waals surface area (Å²) < 4.78 is 7.07. The molecule has 2 heterocycles. The van der Waals surface area contributed by atoms with Gasteiger partial charge in [0.2, 0.25) is 5.96 Å². The first-order valence-electron chi connectivity index (χ1n) is 10.4. The van der Waals surface area contributed by atoms with E-state index in [1.807, 2.05) is 30.3 Å². The molecule has 0 unspecified atom stereocenters. The van der Waals surface area contributed by atoms with E-state index >= 15 is 0 Å². The van der Waals surface area contributed by atoms with Crippen molar-refractivity contribution in [1.82, 2.24) is 19.8 Å². The molecule has 2 aromatic carbocycles. The Morgan fingerprint density at radius 2 is 1.84 bits per heavy atom. The van der Waals surface area contributed by atoms with Gasteiger partial charge in [0.05, 0.1) is 12.7 Å². The highest BCUT2D eigenvalue weighted by atomic mass is 16.5. The molecule has 1 amide bonds. The van der Waals surface area contributed by atoms with Crippen molar-refractivity contribution in [2.45, 2.75) is 18.3 Å². The summed E-state index contributed by atoms with van der Waals surface area (Å²) in [6.45, 7) is 1.99. The maximum absolute atomic E-state index is 12.9. The van der Waals surface area contributed by atoms with Crippen molar-refractivity contribution in [2.75, 3.05) is 26.7 Å². The molecule has 4 rings (SSSR count). The van der Waals surface area contributed by atoms with Crippen molar-refractivity contribution in [3.05, 3.63) is 84.4 Å². The topological polar surface area (TPSA) is 83.2 Å². The molecule has 3 aromatic rings. The van der Waals surface area contributed by atoms with Gasteiger partial charge in [-0.15, -0.1) is 0 Å². The lowest BCUT2D eigenvalue weighted by Gasteiger charge is -2.43. The minimum absolute atomic E-state index is 0.138. The number of hydrogen-bond donors (Lipinski definition) is 2. The second-order valence-electron chi connectivity index (χ2n) is 7.81. The fourth-order valence-electron chi connectivity index (χ4n) is 4.23. The summed E-state index contributed by atoms with van der Waals surface area (Å²) in [4.78, 5) is 19.0. The average Bonchev–Trinajstić information content (AvgIpc) is 3.38. The number of methoxy groups -OCH3 is 1. The van der Waals surface area contributed by atoms with E-state index in [1.54, 1.807) is 42.5 Å². The number of nitrogens with zero attached hydrogens (tertiary/aromatic N) is 3. The van der Waals surface area contributed by atoms with Gasteiger partial charge in [-0.1, -0.05) is 42.5 Å². The summed E-state index contributed by atoms with van der Waals surface area (Å²) in [6, 6.07) is 17.6. The van der Waals surface area contributed by atoms with E-state index in [1.165, 1.54) is 5.56 Å². The number of aromatic nitrogens is 2. The Balaban J connectivity index is 1.51. The highest BCUT2D eigenvalue weighted by Gasteiger charge is 2.37. The van der Waals surface area contributed by atoms with Gasteiger partial charge < -0.3 is 15.0 Å². The number of ether oxygens (including phenoxy) is 1. The Bertz CT molecular complexity index is 1030. The zero-order chi connectivity index (χ0) is 21.7. The molecule has 1 aliphatic heterocycles. The van der Waals surface area contributed by atoms with E-state index in [-0.39, 0.29) is 11.3 Å². The largest absolute Gasteiger partial charge is 0.496 e. The number of likely N-dealkylation sites (tertiary alicyclic amines) is 1. The average molecular weight is 418 g/mol. The summed E-state index contributed by atoms with van der Waals surface area (Å²) >= 11 is 0. The van der Waals surface area contributed by atoms with Crippen LogP contribution in [0.5, 0.6) is 5.75 Å². The molecule has 0 spiro atoms. The molecule has 0 atom stereocenters. The molecule has 1 saturated heterocycles. The van der Waals surface area contributed by atoms with Gasteiger partial charge >= 0.3 is 0 Å². The lowest BCUT2D eigenvalue weighted by molar-refractivity contribution is 0.0929. The van der Waals surface area contributed by atoms with Gasteiger partial charge in [0.25, 0.3) is 5.91 Å². The number of para-hydroxylation sites is 1. The van der Waals surface area contributed by atoms with Crippen molar-refractivity contribution in [3.63, 3.8) is 0 Å². The van der Waals surface area contributed by atoms with Crippen molar-refractivity contribution in [1.29, 1.82) is 5.41 Å². The van der Waals surface area contributed by atoms with E-state index in [0.717, 1.165) is 25.9 Å². The molecule has 0 aliphatic carbocycles. The molecule has 31 heavy (non-hydrogen) atoms. The number of nitrogens with one attached hydrogen (secondary N) is 2. The van der Waals surface area contributed by atoms with Gasteiger partial charge in [0, 0.05) is 37.4 Å². The third-order valence-corrected chi connectivity index (χ3v) is 6.09. The van der Waals surface area contributed by atoms with Crippen molar-refractivity contribution in [2.24, 2.45) is 0 Å². The Morgan fingerprint density at radius 1 is 1.13 bits per heavy atom. The third-order valence-electron chi connectivity index (χ3n) is 6.09. The van der Waals surface area contributed by atoms with Gasteiger partial charge in [-0.3, -0.25) is 14.8 Å². The summed E-state index contributed by atoms with van der Waals surface area (Å²) in [6.07, 6.45) is 6.78. The number of carbonyl (C=O) groups is 1. The molecule has 7 heteroatoms. The highest BCUT2D eigenvalue weighted by molar-refractivity contribution is 5.97. The van der Waals surface area contributed by atoms with Gasteiger partial charge in [-0.2, -0.15) is 0 Å². The van der Waals surface area contributed by atoms with Crippen LogP contribution in [-0.4, -0.2) is 53.1 Å². The quantitative estimate of drug-likeness (QED) is 0.494. The van der Waals surface area contributed by atoms with Crippen LogP contribution >= 0.6 is 0 Å². The molecule has 0 radical (unpaired) electrons. The Labute approximate surface area is 182 Å². The smallest absolute Gasteiger partial charge is 0.255 e. The molecular formula is C24H27N5O2. The van der Waals surface area contributed by atoms with Crippen LogP contribution in [0.15, 0.2) is 73.3 Å². The number of amides is 1. The summed E-state index contributed by atoms with van der Waals surface area (Å²) in [5.41, 5.74) is 1.56. The number of benzene rings is 2. The van der Waals surface area contributed by atoms with Gasteiger partial charge in [-0.25, -0.2) is 4.98 Å². The minimum Gasteiger partial charge on any atom is -0.496 e. The monoisotopic (exact) mass is 417 g/mol. The maximum atomic E-state index is 12.9. The molecular weight excluding hydrogens is 390 g/mol. The summed E-state index contributed by atoms with van der Waals surface area (Å²) in [7, 11) is 1.57. The SMILES string of the molecule is COc1ccccc1C(=O)NCC1(c2ccccc2)CCN(C(=N)n2ccnc2)CC1. The van der Waals surface area contributed by atoms with Crippen LogP contribution in [-0.2, 0) is 5.41 Å². The van der Waals surface area contributed by atoms with Gasteiger partial charge in [0.15, 0.2) is 0 Å². The molecule has 0 saturated carbocycles. The van der Waals surface area contributed by atoms with E-state index in [2.05, 4.69) is 27.3 Å². The lowest BCUT2D eigenvalue weighted by Crippen LogP contribution is -2.51. The number of hydrogen-bond acceptors (Lipinski definition) is 4. The van der Waals surface area contributed by atoms with Gasteiger partial charge in [-0.05, 0) is 30.5 Å². The van der Waals surface area contributed by atoms with E-state index < -0.39 is 0 Å². The Morgan fingerprint density at radius 3 is 2.52 bits per heavy atom. The second kappa shape index (κ2) is 9.04. The third kappa shape index (κ3) is 4.30. The van der Waals surface area contributed by atoms with Crippen LogP contribution < -0.4 is 10.1 Å². The van der Waals surface area contributed by atoms with Crippen molar-refractivity contribution in [3.8, 4) is 5.75 Å². The van der Waals surface area contributed by atoms with Crippen LogP contribution in [0.2, 0.25) is 0 Å². The first-order valence-corrected chi connectivity index (χ1v) is 10.4. The predicted molar refractivity (Wildman–Crippen MR) is 120 cm³/mol. The number of rotatable bonds is 5. The predicted octanol–water partition coefficient (Wildman–Crippen LogP) is 3.14. The number of carbonyl (C=O) groups excluding carboxylic acids is 1.